The van der Waals surface area contributed by atoms with Crippen molar-refractivity contribution in [2.75, 3.05) is 13.1 Å². The molecule has 0 aliphatic carbocycles. The van der Waals surface area contributed by atoms with Gasteiger partial charge in [-0.1, -0.05) is 12.1 Å². The van der Waals surface area contributed by atoms with Crippen molar-refractivity contribution in [2.24, 2.45) is 0 Å². The van der Waals surface area contributed by atoms with Crippen molar-refractivity contribution in [3.05, 3.63) is 29.3 Å². The Balaban J connectivity index is 1.68. The van der Waals surface area contributed by atoms with Gasteiger partial charge in [-0.15, -0.1) is 0 Å². The summed E-state index contributed by atoms with van der Waals surface area (Å²) in [6, 6.07) is 5.28. The van der Waals surface area contributed by atoms with E-state index >= 15 is 0 Å². The monoisotopic (exact) mass is 329 g/mol. The third-order valence-electron chi connectivity index (χ3n) is 4.63. The van der Waals surface area contributed by atoms with Crippen LogP contribution in [0.3, 0.4) is 0 Å². The summed E-state index contributed by atoms with van der Waals surface area (Å²) >= 11 is 0. The van der Waals surface area contributed by atoms with Gasteiger partial charge in [0.05, 0.1) is 12.1 Å². The zero-order chi connectivity index (χ0) is 17.3. The molecule has 6 nitrogen and oxygen atoms in total. The molecule has 0 unspecified atom stereocenters. The first-order valence-electron chi connectivity index (χ1n) is 8.22. The number of rotatable bonds is 5. The lowest BCUT2D eigenvalue weighted by Crippen LogP contribution is -2.38. The van der Waals surface area contributed by atoms with E-state index in [-0.39, 0.29) is 36.3 Å². The van der Waals surface area contributed by atoms with Gasteiger partial charge >= 0.3 is 7.12 Å². The average Bonchev–Trinajstić information content (AvgIpc) is 2.92. The molecule has 0 radical (unpaired) electrons. The van der Waals surface area contributed by atoms with Crippen LogP contribution in [0.4, 0.5) is 0 Å². The molecule has 1 atom stereocenters. The summed E-state index contributed by atoms with van der Waals surface area (Å²) in [5.41, 5.74) is 1.27. The zero-order valence-electron chi connectivity index (χ0n) is 13.7. The van der Waals surface area contributed by atoms with Crippen LogP contribution in [0.25, 0.3) is 0 Å². The summed E-state index contributed by atoms with van der Waals surface area (Å²) < 4.78 is 5.53. The van der Waals surface area contributed by atoms with Gasteiger partial charge in [0.25, 0.3) is 0 Å². The maximum atomic E-state index is 12.2. The van der Waals surface area contributed by atoms with Crippen molar-refractivity contribution >= 4 is 24.6 Å². The molecule has 1 aromatic carbocycles. The van der Waals surface area contributed by atoms with Crippen LogP contribution in [0.5, 0.6) is 5.75 Å². The van der Waals surface area contributed by atoms with Crippen LogP contribution in [0.15, 0.2) is 18.2 Å². The van der Waals surface area contributed by atoms with Crippen molar-refractivity contribution < 1.29 is 24.1 Å². The Morgan fingerprint density at radius 1 is 1.42 bits per heavy atom. The molecule has 1 aromatic rings. The van der Waals surface area contributed by atoms with Crippen LogP contribution in [0.1, 0.15) is 42.1 Å². The first kappa shape index (κ1) is 16.7. The van der Waals surface area contributed by atoms with E-state index in [4.69, 9.17) is 4.65 Å². The number of Topliss-reactive ketones (excluding diaryl/α,β-unsaturated/α-hetero) is 2. The highest BCUT2D eigenvalue weighted by Gasteiger charge is 2.37. The molecule has 0 saturated carbocycles. The smallest absolute Gasteiger partial charge is 0.526 e. The summed E-state index contributed by atoms with van der Waals surface area (Å²) in [5, 5.41) is 10.2. The maximum absolute atomic E-state index is 12.2. The van der Waals surface area contributed by atoms with E-state index < -0.39 is 7.12 Å². The van der Waals surface area contributed by atoms with E-state index in [0.29, 0.717) is 30.7 Å². The number of benzene rings is 1. The predicted molar refractivity (Wildman–Crippen MR) is 87.9 cm³/mol. The largest absolute Gasteiger partial charge is 0.535 e. The lowest BCUT2D eigenvalue weighted by molar-refractivity contribution is -0.132. The van der Waals surface area contributed by atoms with Crippen molar-refractivity contribution in [3.63, 3.8) is 0 Å². The lowest BCUT2D eigenvalue weighted by Gasteiger charge is -2.28. The number of carbonyl (C=O) groups is 3. The van der Waals surface area contributed by atoms with Crippen molar-refractivity contribution in [1.29, 1.82) is 0 Å². The molecular formula is C17H20BNO5. The van der Waals surface area contributed by atoms with Gasteiger partial charge in [-0.05, 0) is 31.4 Å². The highest BCUT2D eigenvalue weighted by molar-refractivity contribution is 6.47. The first-order chi connectivity index (χ1) is 11.5. The quantitative estimate of drug-likeness (QED) is 0.649. The Hall–Kier alpha value is -2.15. The van der Waals surface area contributed by atoms with Crippen molar-refractivity contribution in [2.45, 2.75) is 38.4 Å². The molecule has 0 spiro atoms. The number of fused-ring (bicyclic) bond motifs is 1. The fourth-order valence-corrected chi connectivity index (χ4v) is 3.38. The Bertz CT molecular complexity index is 690. The third kappa shape index (κ3) is 3.36. The summed E-state index contributed by atoms with van der Waals surface area (Å²) in [7, 11) is -1.13. The number of likely N-dealkylation sites (tertiary alicyclic amines) is 1. The van der Waals surface area contributed by atoms with Gasteiger partial charge < -0.3 is 14.6 Å². The van der Waals surface area contributed by atoms with E-state index in [1.165, 1.54) is 6.92 Å². The summed E-state index contributed by atoms with van der Waals surface area (Å²) in [4.78, 5) is 37.1. The first-order valence-corrected chi connectivity index (χ1v) is 8.22. The Labute approximate surface area is 140 Å². The van der Waals surface area contributed by atoms with Crippen LogP contribution in [-0.4, -0.2) is 47.6 Å². The average molecular weight is 329 g/mol. The molecule has 24 heavy (non-hydrogen) atoms. The second-order valence-electron chi connectivity index (χ2n) is 6.48. The Kier molecular flexibility index (Phi) is 4.71. The van der Waals surface area contributed by atoms with Gasteiger partial charge in [0.15, 0.2) is 11.6 Å². The molecule has 0 aromatic heterocycles. The fraction of sp³-hybridized carbons (Fsp3) is 0.471. The van der Waals surface area contributed by atoms with Crippen molar-refractivity contribution in [3.8, 4) is 5.75 Å². The van der Waals surface area contributed by atoms with Gasteiger partial charge in [0, 0.05) is 25.2 Å². The van der Waals surface area contributed by atoms with Crippen LogP contribution in [0.2, 0.25) is 5.82 Å². The second kappa shape index (κ2) is 6.77. The second-order valence-corrected chi connectivity index (χ2v) is 6.48. The number of carbonyl (C=O) groups excluding carboxylic acids is 3. The minimum atomic E-state index is -1.13. The molecule has 7 heteroatoms. The van der Waals surface area contributed by atoms with E-state index in [9.17, 15) is 19.4 Å². The van der Waals surface area contributed by atoms with E-state index in [1.54, 1.807) is 17.0 Å². The summed E-state index contributed by atoms with van der Waals surface area (Å²) in [6.07, 6.45) is 1.91. The van der Waals surface area contributed by atoms with E-state index in [1.807, 2.05) is 6.07 Å². The minimum Gasteiger partial charge on any atom is -0.535 e. The van der Waals surface area contributed by atoms with Gasteiger partial charge in [0.2, 0.25) is 5.91 Å². The van der Waals surface area contributed by atoms with E-state index in [2.05, 4.69) is 0 Å². The molecule has 0 bridgehead atoms. The van der Waals surface area contributed by atoms with Crippen LogP contribution < -0.4 is 4.65 Å². The lowest BCUT2D eigenvalue weighted by atomic mass is 9.64. The number of hydrogen-bond acceptors (Lipinski definition) is 5. The molecule has 2 heterocycles. The number of hydrogen-bond donors (Lipinski definition) is 1. The molecule has 126 valence electrons. The zero-order valence-corrected chi connectivity index (χ0v) is 13.7. The fourth-order valence-electron chi connectivity index (χ4n) is 3.38. The molecule has 1 fully saturated rings. The molecule has 2 aliphatic heterocycles. The van der Waals surface area contributed by atoms with Gasteiger partial charge in [-0.2, -0.15) is 0 Å². The van der Waals surface area contributed by atoms with Gasteiger partial charge in [0.1, 0.15) is 5.75 Å². The Morgan fingerprint density at radius 2 is 2.21 bits per heavy atom. The molecule has 1 amide bonds. The molecule has 2 aliphatic rings. The molecule has 3 rings (SSSR count). The normalized spacial score (nSPS) is 19.9. The van der Waals surface area contributed by atoms with Crippen LogP contribution >= 0.6 is 0 Å². The number of ketones is 2. The Morgan fingerprint density at radius 3 is 2.88 bits per heavy atom. The molecule has 1 saturated heterocycles. The topological polar surface area (TPSA) is 83.9 Å². The minimum absolute atomic E-state index is 0.0141. The predicted octanol–water partition coefficient (Wildman–Crippen LogP) is 1.26. The number of amides is 1. The molecular weight excluding hydrogens is 309 g/mol. The van der Waals surface area contributed by atoms with Gasteiger partial charge in [-0.25, -0.2) is 0 Å². The van der Waals surface area contributed by atoms with Crippen LogP contribution in [0, 0.1) is 0 Å². The summed E-state index contributed by atoms with van der Waals surface area (Å²) in [6.45, 7) is 2.18. The van der Waals surface area contributed by atoms with E-state index in [0.717, 1.165) is 12.0 Å². The highest BCUT2D eigenvalue weighted by Crippen LogP contribution is 2.36. The SMILES string of the molecule is CC(=O)c1cccc2c1OB(O)[C@@H](CC(=O)CN1CCCC1=O)C2. The highest BCUT2D eigenvalue weighted by atomic mass is 16.5. The summed E-state index contributed by atoms with van der Waals surface area (Å²) in [5.74, 6) is -0.147. The van der Waals surface area contributed by atoms with Gasteiger partial charge in [-0.3, -0.25) is 14.4 Å². The standard InChI is InChI=1S/C17H20BNO5/c1-11(20)15-5-2-4-12-8-13(18(23)24-17(12)15)9-14(21)10-19-7-3-6-16(19)22/h2,4-5,13,23H,3,6-10H2,1H3/t13-/m1/s1. The maximum Gasteiger partial charge on any atom is 0.526 e. The third-order valence-corrected chi connectivity index (χ3v) is 4.63. The number of para-hydroxylation sites is 1. The molecule has 1 N–H and O–H groups in total. The van der Waals surface area contributed by atoms with Crippen LogP contribution in [-0.2, 0) is 16.0 Å². The van der Waals surface area contributed by atoms with Crippen molar-refractivity contribution in [1.82, 2.24) is 4.90 Å². The number of nitrogens with zero attached hydrogens (tertiary/aromatic N) is 1.